The Labute approximate surface area is 190 Å². The predicted octanol–water partition coefficient (Wildman–Crippen LogP) is 6.57. The number of benzene rings is 1. The zero-order chi connectivity index (χ0) is 21.6. The summed E-state index contributed by atoms with van der Waals surface area (Å²) in [6.07, 6.45) is -4.92. The number of fused-ring (bicyclic) bond motifs is 1. The predicted molar refractivity (Wildman–Crippen MR) is 112 cm³/mol. The lowest BCUT2D eigenvalue weighted by molar-refractivity contribution is -0.174. The standard InChI is InChI=1S/C18H12Br2ClF3N4O2/c19-13-6-5-11(30-13)10-7-12(18(22,23)24)28-16(26-10)14(20)15(27-28)17(29)25-9-3-1-8(21)2-4-9/h1-6,10,12,26H,7H2,(H,25,29)/t10-,12+/m0/s1. The monoisotopic (exact) mass is 566 g/mol. The van der Waals surface area contributed by atoms with Gasteiger partial charge in [-0.25, -0.2) is 4.68 Å². The fraction of sp³-hybridized carbons (Fsp3) is 0.222. The third kappa shape index (κ3) is 4.10. The lowest BCUT2D eigenvalue weighted by Gasteiger charge is -2.32. The molecule has 30 heavy (non-hydrogen) atoms. The van der Waals surface area contributed by atoms with Gasteiger partial charge in [-0.1, -0.05) is 11.6 Å². The van der Waals surface area contributed by atoms with Crippen LogP contribution in [-0.2, 0) is 0 Å². The van der Waals surface area contributed by atoms with Crippen LogP contribution in [-0.4, -0.2) is 21.9 Å². The highest BCUT2D eigenvalue weighted by atomic mass is 79.9. The maximum Gasteiger partial charge on any atom is 0.410 e. The molecule has 3 aromatic rings. The lowest BCUT2D eigenvalue weighted by atomic mass is 10.0. The summed E-state index contributed by atoms with van der Waals surface area (Å²) in [5.41, 5.74) is 0.254. The number of alkyl halides is 3. The maximum absolute atomic E-state index is 13.8. The van der Waals surface area contributed by atoms with Crippen molar-refractivity contribution in [2.75, 3.05) is 10.6 Å². The summed E-state index contributed by atoms with van der Waals surface area (Å²) in [4.78, 5) is 12.7. The van der Waals surface area contributed by atoms with Gasteiger partial charge in [0.25, 0.3) is 5.91 Å². The summed E-state index contributed by atoms with van der Waals surface area (Å²) >= 11 is 12.2. The van der Waals surface area contributed by atoms with Gasteiger partial charge in [-0.3, -0.25) is 4.79 Å². The Morgan fingerprint density at radius 3 is 2.53 bits per heavy atom. The number of carbonyl (C=O) groups excluding carboxylic acids is 1. The summed E-state index contributed by atoms with van der Waals surface area (Å²) in [5, 5.41) is 10.0. The van der Waals surface area contributed by atoms with Gasteiger partial charge in [-0.15, -0.1) is 0 Å². The zero-order valence-corrected chi connectivity index (χ0v) is 18.7. The molecule has 158 valence electrons. The van der Waals surface area contributed by atoms with Crippen LogP contribution in [0.2, 0.25) is 5.02 Å². The van der Waals surface area contributed by atoms with E-state index in [-0.39, 0.29) is 22.4 Å². The number of amides is 1. The molecule has 1 aromatic carbocycles. The van der Waals surface area contributed by atoms with E-state index >= 15 is 0 Å². The molecule has 12 heteroatoms. The second-order valence-corrected chi connectivity index (χ2v) is 8.56. The van der Waals surface area contributed by atoms with Crippen LogP contribution in [0.15, 0.2) is 50.0 Å². The summed E-state index contributed by atoms with van der Waals surface area (Å²) < 4.78 is 48.1. The van der Waals surface area contributed by atoms with Crippen molar-refractivity contribution < 1.29 is 22.4 Å². The van der Waals surface area contributed by atoms with Crippen LogP contribution in [0.1, 0.15) is 34.8 Å². The first kappa shape index (κ1) is 21.3. The number of aromatic nitrogens is 2. The maximum atomic E-state index is 13.8. The Hall–Kier alpha value is -1.98. The van der Waals surface area contributed by atoms with E-state index in [2.05, 4.69) is 47.6 Å². The minimum atomic E-state index is -4.58. The van der Waals surface area contributed by atoms with Crippen LogP contribution in [0.5, 0.6) is 0 Å². The molecule has 0 saturated heterocycles. The summed E-state index contributed by atoms with van der Waals surface area (Å²) in [7, 11) is 0. The van der Waals surface area contributed by atoms with E-state index in [1.54, 1.807) is 36.4 Å². The van der Waals surface area contributed by atoms with E-state index in [1.807, 2.05) is 0 Å². The van der Waals surface area contributed by atoms with Crippen molar-refractivity contribution in [2.45, 2.75) is 24.7 Å². The number of halogens is 6. The molecule has 0 aliphatic carbocycles. The highest BCUT2D eigenvalue weighted by molar-refractivity contribution is 9.10. The number of furan rings is 1. The number of anilines is 2. The largest absolute Gasteiger partial charge is 0.452 e. The fourth-order valence-electron chi connectivity index (χ4n) is 3.16. The highest BCUT2D eigenvalue weighted by Crippen LogP contribution is 2.46. The Balaban J connectivity index is 1.69. The number of nitrogens with zero attached hydrogens (tertiary/aromatic N) is 2. The smallest absolute Gasteiger partial charge is 0.410 e. The molecule has 3 heterocycles. The Bertz CT molecular complexity index is 1100. The first-order chi connectivity index (χ1) is 14.1. The van der Waals surface area contributed by atoms with E-state index in [0.29, 0.717) is 21.1 Å². The minimum absolute atomic E-state index is 0.0438. The van der Waals surface area contributed by atoms with E-state index in [4.69, 9.17) is 16.0 Å². The van der Waals surface area contributed by atoms with Gasteiger partial charge in [-0.05, 0) is 68.3 Å². The fourth-order valence-corrected chi connectivity index (χ4v) is 4.16. The highest BCUT2D eigenvalue weighted by Gasteiger charge is 2.48. The van der Waals surface area contributed by atoms with Gasteiger partial charge in [0, 0.05) is 17.1 Å². The normalized spacial score (nSPS) is 18.6. The van der Waals surface area contributed by atoms with Crippen LogP contribution < -0.4 is 10.6 Å². The van der Waals surface area contributed by atoms with Crippen molar-refractivity contribution in [2.24, 2.45) is 0 Å². The van der Waals surface area contributed by atoms with Crippen molar-refractivity contribution in [3.63, 3.8) is 0 Å². The number of rotatable bonds is 3. The molecule has 1 amide bonds. The lowest BCUT2D eigenvalue weighted by Crippen LogP contribution is -2.35. The zero-order valence-electron chi connectivity index (χ0n) is 14.8. The molecule has 0 saturated carbocycles. The Morgan fingerprint density at radius 2 is 1.93 bits per heavy atom. The molecule has 0 fully saturated rings. The van der Waals surface area contributed by atoms with Crippen LogP contribution in [0.3, 0.4) is 0 Å². The van der Waals surface area contributed by atoms with E-state index < -0.39 is 24.2 Å². The van der Waals surface area contributed by atoms with Gasteiger partial charge in [0.1, 0.15) is 11.6 Å². The third-order valence-corrected chi connectivity index (χ3v) is 5.98. The second kappa shape index (κ2) is 7.93. The van der Waals surface area contributed by atoms with Crippen molar-refractivity contribution in [3.05, 3.63) is 62.0 Å². The molecule has 0 unspecified atom stereocenters. The van der Waals surface area contributed by atoms with Gasteiger partial charge in [0.2, 0.25) is 0 Å². The van der Waals surface area contributed by atoms with Crippen molar-refractivity contribution >= 4 is 60.9 Å². The molecule has 4 rings (SSSR count). The molecule has 1 aliphatic rings. The number of hydrogen-bond donors (Lipinski definition) is 2. The number of hydrogen-bond acceptors (Lipinski definition) is 4. The molecular weight excluding hydrogens is 556 g/mol. The number of nitrogens with one attached hydrogen (secondary N) is 2. The van der Waals surface area contributed by atoms with Crippen molar-refractivity contribution in [1.29, 1.82) is 0 Å². The number of carbonyl (C=O) groups is 1. The minimum Gasteiger partial charge on any atom is -0.452 e. The molecule has 0 radical (unpaired) electrons. The van der Waals surface area contributed by atoms with Crippen LogP contribution in [0.25, 0.3) is 0 Å². The van der Waals surface area contributed by atoms with Gasteiger partial charge < -0.3 is 15.1 Å². The van der Waals surface area contributed by atoms with Crippen LogP contribution in [0.4, 0.5) is 24.7 Å². The summed E-state index contributed by atoms with van der Waals surface area (Å²) in [6.45, 7) is 0. The molecule has 6 nitrogen and oxygen atoms in total. The quantitative estimate of drug-likeness (QED) is 0.375. The van der Waals surface area contributed by atoms with Crippen molar-refractivity contribution in [1.82, 2.24) is 9.78 Å². The van der Waals surface area contributed by atoms with E-state index in [9.17, 15) is 18.0 Å². The summed E-state index contributed by atoms with van der Waals surface area (Å²) in [5.74, 6) is -0.281. The molecule has 1 aliphatic heterocycles. The topological polar surface area (TPSA) is 72.1 Å². The molecule has 2 aromatic heterocycles. The molecule has 2 atom stereocenters. The van der Waals surface area contributed by atoms with E-state index in [0.717, 1.165) is 4.68 Å². The second-order valence-electron chi connectivity index (χ2n) is 6.55. The van der Waals surface area contributed by atoms with Gasteiger partial charge in [0.15, 0.2) is 16.4 Å². The third-order valence-electron chi connectivity index (χ3n) is 4.55. The van der Waals surface area contributed by atoms with Crippen LogP contribution in [0, 0.1) is 0 Å². The Morgan fingerprint density at radius 1 is 1.23 bits per heavy atom. The van der Waals surface area contributed by atoms with Crippen LogP contribution >= 0.6 is 43.5 Å². The SMILES string of the molecule is O=C(Nc1ccc(Cl)cc1)c1nn2c(c1Br)N[C@H](c1ccc(Br)o1)C[C@@H]2C(F)(F)F. The Kier molecular flexibility index (Phi) is 5.62. The van der Waals surface area contributed by atoms with Gasteiger partial charge >= 0.3 is 6.18 Å². The molecular formula is C18H12Br2ClF3N4O2. The van der Waals surface area contributed by atoms with Crippen molar-refractivity contribution in [3.8, 4) is 0 Å². The van der Waals surface area contributed by atoms with Gasteiger partial charge in [0.05, 0.1) is 10.5 Å². The molecule has 0 bridgehead atoms. The average molecular weight is 569 g/mol. The van der Waals surface area contributed by atoms with Gasteiger partial charge in [-0.2, -0.15) is 18.3 Å². The van der Waals surface area contributed by atoms with E-state index in [1.165, 1.54) is 0 Å². The first-order valence-electron chi connectivity index (χ1n) is 8.57. The first-order valence-corrected chi connectivity index (χ1v) is 10.5. The average Bonchev–Trinajstić information content (AvgIpc) is 3.26. The molecule has 0 spiro atoms. The molecule has 2 N–H and O–H groups in total. The summed E-state index contributed by atoms with van der Waals surface area (Å²) in [6, 6.07) is 6.81.